The summed E-state index contributed by atoms with van der Waals surface area (Å²) in [7, 11) is 0. The van der Waals surface area contributed by atoms with Gasteiger partial charge in [-0.25, -0.2) is 4.39 Å². The highest BCUT2D eigenvalue weighted by Crippen LogP contribution is 2.29. The maximum atomic E-state index is 13.0. The minimum atomic E-state index is -0.450. The molecular weight excluding hydrogens is 257 g/mol. The standard InChI is InChI=1S/C15H20FN3O/c1-14(2,17)9-12-18-13(19-20-12)15(3,4)10-5-7-11(16)8-6-10/h5-8H,9,17H2,1-4H3. The van der Waals surface area contributed by atoms with Gasteiger partial charge in [-0.2, -0.15) is 4.98 Å². The SMILES string of the molecule is CC(C)(N)Cc1nc(C(C)(C)c2ccc(F)cc2)no1. The van der Waals surface area contributed by atoms with Crippen LogP contribution in [-0.4, -0.2) is 15.7 Å². The molecule has 1 heterocycles. The zero-order valence-corrected chi connectivity index (χ0v) is 12.3. The van der Waals surface area contributed by atoms with Crippen LogP contribution >= 0.6 is 0 Å². The van der Waals surface area contributed by atoms with Gasteiger partial charge in [-0.05, 0) is 45.4 Å². The Labute approximate surface area is 118 Å². The normalized spacial score (nSPS) is 12.7. The first-order valence-electron chi connectivity index (χ1n) is 6.56. The van der Waals surface area contributed by atoms with Crippen LogP contribution < -0.4 is 5.73 Å². The Morgan fingerprint density at radius 3 is 2.30 bits per heavy atom. The molecule has 5 heteroatoms. The number of nitrogens with zero attached hydrogens (tertiary/aromatic N) is 2. The van der Waals surface area contributed by atoms with Gasteiger partial charge < -0.3 is 10.3 Å². The molecule has 0 radical (unpaired) electrons. The fourth-order valence-electron chi connectivity index (χ4n) is 1.97. The lowest BCUT2D eigenvalue weighted by Crippen LogP contribution is -2.34. The lowest BCUT2D eigenvalue weighted by molar-refractivity contribution is 0.340. The smallest absolute Gasteiger partial charge is 0.228 e. The number of nitrogens with two attached hydrogens (primary N) is 1. The average Bonchev–Trinajstić information content (AvgIpc) is 2.76. The van der Waals surface area contributed by atoms with Crippen molar-refractivity contribution in [2.45, 2.75) is 45.1 Å². The Bertz CT molecular complexity index is 582. The predicted molar refractivity (Wildman–Crippen MR) is 74.8 cm³/mol. The molecule has 0 aliphatic rings. The zero-order valence-electron chi connectivity index (χ0n) is 12.3. The summed E-state index contributed by atoms with van der Waals surface area (Å²) in [6.07, 6.45) is 0.513. The first-order valence-corrected chi connectivity index (χ1v) is 6.56. The topological polar surface area (TPSA) is 64.9 Å². The third kappa shape index (κ3) is 3.22. The second-order valence-electron chi connectivity index (χ2n) is 6.31. The summed E-state index contributed by atoms with van der Waals surface area (Å²) in [5.74, 6) is 0.828. The van der Waals surface area contributed by atoms with Crippen LogP contribution in [0.1, 0.15) is 45.0 Å². The molecule has 0 saturated carbocycles. The van der Waals surface area contributed by atoms with Crippen LogP contribution in [-0.2, 0) is 11.8 Å². The van der Waals surface area contributed by atoms with Crippen LogP contribution in [0.5, 0.6) is 0 Å². The van der Waals surface area contributed by atoms with Crippen LogP contribution in [0.3, 0.4) is 0 Å². The maximum Gasteiger partial charge on any atom is 0.228 e. The molecule has 4 nitrogen and oxygen atoms in total. The van der Waals surface area contributed by atoms with Gasteiger partial charge >= 0.3 is 0 Å². The second kappa shape index (κ2) is 4.98. The summed E-state index contributed by atoms with van der Waals surface area (Å²) in [5.41, 5.74) is 6.02. The van der Waals surface area contributed by atoms with E-state index < -0.39 is 11.0 Å². The van der Waals surface area contributed by atoms with Crippen molar-refractivity contribution in [1.29, 1.82) is 0 Å². The second-order valence-corrected chi connectivity index (χ2v) is 6.31. The van der Waals surface area contributed by atoms with Gasteiger partial charge in [0.15, 0.2) is 5.82 Å². The van der Waals surface area contributed by atoms with Gasteiger partial charge in [-0.15, -0.1) is 0 Å². The Balaban J connectivity index is 2.28. The van der Waals surface area contributed by atoms with Crippen LogP contribution in [0.15, 0.2) is 28.8 Å². The molecule has 2 rings (SSSR count). The van der Waals surface area contributed by atoms with Gasteiger partial charge in [-0.1, -0.05) is 17.3 Å². The number of rotatable bonds is 4. The molecule has 0 spiro atoms. The van der Waals surface area contributed by atoms with Crippen molar-refractivity contribution in [3.63, 3.8) is 0 Å². The fraction of sp³-hybridized carbons (Fsp3) is 0.467. The lowest BCUT2D eigenvalue weighted by atomic mass is 9.84. The Morgan fingerprint density at radius 2 is 1.75 bits per heavy atom. The molecule has 0 atom stereocenters. The summed E-state index contributed by atoms with van der Waals surface area (Å²) in [4.78, 5) is 4.41. The molecule has 2 N–H and O–H groups in total. The largest absolute Gasteiger partial charge is 0.339 e. The molecule has 0 aliphatic carbocycles. The number of aromatic nitrogens is 2. The van der Waals surface area contributed by atoms with E-state index in [4.69, 9.17) is 10.3 Å². The third-order valence-electron chi connectivity index (χ3n) is 3.20. The van der Waals surface area contributed by atoms with Crippen molar-refractivity contribution in [3.05, 3.63) is 47.4 Å². The molecule has 1 aromatic carbocycles. The molecule has 0 aliphatic heterocycles. The Hall–Kier alpha value is -1.75. The molecule has 1 aromatic heterocycles. The van der Waals surface area contributed by atoms with Crippen LogP contribution in [0.4, 0.5) is 4.39 Å². The summed E-state index contributed by atoms with van der Waals surface area (Å²) in [5, 5.41) is 4.04. The zero-order chi connectivity index (χ0) is 15.0. The van der Waals surface area contributed by atoms with Gasteiger partial charge in [0.05, 0.1) is 5.41 Å². The van der Waals surface area contributed by atoms with Gasteiger partial charge in [0.25, 0.3) is 0 Å². The van der Waals surface area contributed by atoms with E-state index in [2.05, 4.69) is 10.1 Å². The van der Waals surface area contributed by atoms with Crippen LogP contribution in [0.25, 0.3) is 0 Å². The van der Waals surface area contributed by atoms with Crippen molar-refractivity contribution in [2.75, 3.05) is 0 Å². The van der Waals surface area contributed by atoms with E-state index in [1.165, 1.54) is 12.1 Å². The Kier molecular flexibility index (Phi) is 3.65. The van der Waals surface area contributed by atoms with E-state index in [1.807, 2.05) is 27.7 Å². The average molecular weight is 277 g/mol. The summed E-state index contributed by atoms with van der Waals surface area (Å²) >= 11 is 0. The molecule has 0 fully saturated rings. The number of hydrogen-bond acceptors (Lipinski definition) is 4. The highest BCUT2D eigenvalue weighted by molar-refractivity contribution is 5.30. The third-order valence-corrected chi connectivity index (χ3v) is 3.20. The monoisotopic (exact) mass is 277 g/mol. The van der Waals surface area contributed by atoms with E-state index >= 15 is 0 Å². The molecule has 0 unspecified atom stereocenters. The fourth-order valence-corrected chi connectivity index (χ4v) is 1.97. The lowest BCUT2D eigenvalue weighted by Gasteiger charge is -2.21. The van der Waals surface area contributed by atoms with Crippen molar-refractivity contribution in [3.8, 4) is 0 Å². The van der Waals surface area contributed by atoms with E-state index in [9.17, 15) is 4.39 Å². The summed E-state index contributed by atoms with van der Waals surface area (Å²) < 4.78 is 18.3. The van der Waals surface area contributed by atoms with Crippen molar-refractivity contribution in [2.24, 2.45) is 5.73 Å². The molecular formula is C15H20FN3O. The highest BCUT2D eigenvalue weighted by Gasteiger charge is 2.29. The number of hydrogen-bond donors (Lipinski definition) is 1. The van der Waals surface area contributed by atoms with Gasteiger partial charge in [0, 0.05) is 12.0 Å². The molecule has 2 aromatic rings. The molecule has 20 heavy (non-hydrogen) atoms. The van der Waals surface area contributed by atoms with Gasteiger partial charge in [0.2, 0.25) is 5.89 Å². The first-order chi connectivity index (χ1) is 9.18. The van der Waals surface area contributed by atoms with E-state index in [-0.39, 0.29) is 5.82 Å². The van der Waals surface area contributed by atoms with Crippen molar-refractivity contribution >= 4 is 0 Å². The summed E-state index contributed by atoms with van der Waals surface area (Å²) in [6.45, 7) is 7.76. The minimum Gasteiger partial charge on any atom is -0.339 e. The van der Waals surface area contributed by atoms with Crippen molar-refractivity contribution in [1.82, 2.24) is 10.1 Å². The highest BCUT2D eigenvalue weighted by atomic mass is 19.1. The first kappa shape index (κ1) is 14.7. The number of halogens is 1. The van der Waals surface area contributed by atoms with Crippen molar-refractivity contribution < 1.29 is 8.91 Å². The minimum absolute atomic E-state index is 0.261. The molecule has 0 bridgehead atoms. The quantitative estimate of drug-likeness (QED) is 0.933. The number of benzene rings is 1. The van der Waals surface area contributed by atoms with E-state index in [0.717, 1.165) is 5.56 Å². The molecule has 0 saturated heterocycles. The van der Waals surface area contributed by atoms with Crippen LogP contribution in [0.2, 0.25) is 0 Å². The van der Waals surface area contributed by atoms with Gasteiger partial charge in [-0.3, -0.25) is 0 Å². The molecule has 0 amide bonds. The summed E-state index contributed by atoms with van der Waals surface area (Å²) in [6, 6.07) is 6.33. The van der Waals surface area contributed by atoms with E-state index in [0.29, 0.717) is 18.1 Å². The van der Waals surface area contributed by atoms with E-state index in [1.54, 1.807) is 12.1 Å². The maximum absolute atomic E-state index is 13.0. The van der Waals surface area contributed by atoms with Gasteiger partial charge in [0.1, 0.15) is 5.82 Å². The van der Waals surface area contributed by atoms with Crippen LogP contribution in [0, 0.1) is 5.82 Å². The molecule has 108 valence electrons. The Morgan fingerprint density at radius 1 is 1.15 bits per heavy atom. The predicted octanol–water partition coefficient (Wildman–Crippen LogP) is 2.81.